The second-order valence-corrected chi connectivity index (χ2v) is 4.80. The number of hydrogen-bond donors (Lipinski definition) is 1. The molecule has 3 nitrogen and oxygen atoms in total. The molecule has 0 atom stereocenters. The van der Waals surface area contributed by atoms with Crippen molar-refractivity contribution < 1.29 is 9.90 Å². The van der Waals surface area contributed by atoms with Crippen molar-refractivity contribution in [1.82, 2.24) is 0 Å². The smallest absolute Gasteiger partial charge is 0.412 e. The Bertz CT molecular complexity index is 573. The highest BCUT2D eigenvalue weighted by Crippen LogP contribution is 2.32. The van der Waals surface area contributed by atoms with Crippen LogP contribution in [0.3, 0.4) is 0 Å². The summed E-state index contributed by atoms with van der Waals surface area (Å²) in [7, 11) is 0. The van der Waals surface area contributed by atoms with Crippen molar-refractivity contribution >= 4 is 11.8 Å². The zero-order valence-corrected chi connectivity index (χ0v) is 10.5. The molecule has 19 heavy (non-hydrogen) atoms. The summed E-state index contributed by atoms with van der Waals surface area (Å²) in [5, 5.41) is 9.25. The van der Waals surface area contributed by atoms with Crippen LogP contribution in [0.4, 0.5) is 10.5 Å². The first kappa shape index (κ1) is 11.8. The standard InChI is InChI=1S/C16H15NO2/c18-16(19)17(15-10-11-15)14-8-6-13(7-9-14)12-4-2-1-3-5-12/h1-9,15H,10-11H2,(H,18,19). The van der Waals surface area contributed by atoms with Crippen molar-refractivity contribution in [3.8, 4) is 11.1 Å². The lowest BCUT2D eigenvalue weighted by Gasteiger charge is -2.18. The Kier molecular flexibility index (Phi) is 2.95. The fraction of sp³-hybridized carbons (Fsp3) is 0.188. The molecule has 1 aliphatic carbocycles. The molecule has 3 rings (SSSR count). The van der Waals surface area contributed by atoms with Crippen molar-refractivity contribution in [3.63, 3.8) is 0 Å². The molecule has 0 aliphatic heterocycles. The normalized spacial score (nSPS) is 14.1. The Balaban J connectivity index is 1.88. The van der Waals surface area contributed by atoms with Crippen LogP contribution in [0.5, 0.6) is 0 Å². The lowest BCUT2D eigenvalue weighted by atomic mass is 10.1. The van der Waals surface area contributed by atoms with Gasteiger partial charge in [-0.15, -0.1) is 0 Å². The van der Waals surface area contributed by atoms with E-state index in [4.69, 9.17) is 0 Å². The molecule has 0 spiro atoms. The maximum atomic E-state index is 11.3. The zero-order valence-electron chi connectivity index (χ0n) is 10.5. The number of amides is 1. The van der Waals surface area contributed by atoms with Gasteiger partial charge in [0, 0.05) is 11.7 Å². The van der Waals surface area contributed by atoms with Crippen LogP contribution in [-0.2, 0) is 0 Å². The molecule has 0 bridgehead atoms. The summed E-state index contributed by atoms with van der Waals surface area (Å²) < 4.78 is 0. The average molecular weight is 253 g/mol. The van der Waals surface area contributed by atoms with E-state index in [0.717, 1.165) is 29.7 Å². The highest BCUT2D eigenvalue weighted by Gasteiger charge is 2.33. The largest absolute Gasteiger partial charge is 0.465 e. The van der Waals surface area contributed by atoms with Crippen LogP contribution in [0.25, 0.3) is 11.1 Å². The van der Waals surface area contributed by atoms with Gasteiger partial charge in [-0.25, -0.2) is 4.79 Å². The molecule has 96 valence electrons. The van der Waals surface area contributed by atoms with Crippen LogP contribution in [0.15, 0.2) is 54.6 Å². The summed E-state index contributed by atoms with van der Waals surface area (Å²) in [6.07, 6.45) is 1.06. The summed E-state index contributed by atoms with van der Waals surface area (Å²) in [4.78, 5) is 12.7. The van der Waals surface area contributed by atoms with Crippen LogP contribution >= 0.6 is 0 Å². The van der Waals surface area contributed by atoms with E-state index in [1.165, 1.54) is 4.90 Å². The number of carboxylic acid groups (broad SMARTS) is 1. The molecule has 1 N–H and O–H groups in total. The van der Waals surface area contributed by atoms with Crippen molar-refractivity contribution in [2.24, 2.45) is 0 Å². The number of nitrogens with zero attached hydrogens (tertiary/aromatic N) is 1. The molecular formula is C16H15NO2. The van der Waals surface area contributed by atoms with Gasteiger partial charge in [0.15, 0.2) is 0 Å². The molecule has 0 heterocycles. The number of rotatable bonds is 3. The average Bonchev–Trinajstić information content (AvgIpc) is 3.25. The predicted molar refractivity (Wildman–Crippen MR) is 75.4 cm³/mol. The van der Waals surface area contributed by atoms with E-state index in [1.807, 2.05) is 54.6 Å². The van der Waals surface area contributed by atoms with E-state index in [-0.39, 0.29) is 6.04 Å². The maximum Gasteiger partial charge on any atom is 0.412 e. The minimum Gasteiger partial charge on any atom is -0.465 e. The third-order valence-electron chi connectivity index (χ3n) is 3.37. The Labute approximate surface area is 112 Å². The van der Waals surface area contributed by atoms with E-state index in [0.29, 0.717) is 0 Å². The highest BCUT2D eigenvalue weighted by molar-refractivity contribution is 5.87. The molecule has 2 aromatic rings. The summed E-state index contributed by atoms with van der Waals surface area (Å²) >= 11 is 0. The second kappa shape index (κ2) is 4.76. The van der Waals surface area contributed by atoms with Gasteiger partial charge in [-0.05, 0) is 36.1 Å². The number of benzene rings is 2. The van der Waals surface area contributed by atoms with E-state index < -0.39 is 6.09 Å². The Morgan fingerprint density at radius 2 is 1.53 bits per heavy atom. The first-order chi connectivity index (χ1) is 9.25. The molecule has 0 radical (unpaired) electrons. The van der Waals surface area contributed by atoms with Crippen molar-refractivity contribution in [3.05, 3.63) is 54.6 Å². The van der Waals surface area contributed by atoms with Crippen LogP contribution in [0.1, 0.15) is 12.8 Å². The monoisotopic (exact) mass is 253 g/mol. The van der Waals surface area contributed by atoms with E-state index in [9.17, 15) is 9.90 Å². The van der Waals surface area contributed by atoms with Crippen molar-refractivity contribution in [1.29, 1.82) is 0 Å². The molecule has 1 saturated carbocycles. The minimum absolute atomic E-state index is 0.167. The molecule has 0 saturated heterocycles. The van der Waals surface area contributed by atoms with E-state index in [2.05, 4.69) is 0 Å². The molecule has 1 aliphatic rings. The molecule has 1 fully saturated rings. The Morgan fingerprint density at radius 1 is 0.947 bits per heavy atom. The second-order valence-electron chi connectivity index (χ2n) is 4.80. The highest BCUT2D eigenvalue weighted by atomic mass is 16.4. The van der Waals surface area contributed by atoms with Gasteiger partial charge < -0.3 is 5.11 Å². The molecule has 3 heteroatoms. The fourth-order valence-corrected chi connectivity index (χ4v) is 2.26. The number of anilines is 1. The summed E-state index contributed by atoms with van der Waals surface area (Å²) in [5.41, 5.74) is 3.00. The first-order valence-electron chi connectivity index (χ1n) is 6.43. The van der Waals surface area contributed by atoms with Gasteiger partial charge >= 0.3 is 6.09 Å². The van der Waals surface area contributed by atoms with Crippen molar-refractivity contribution in [2.75, 3.05) is 4.90 Å². The topological polar surface area (TPSA) is 40.5 Å². The number of hydrogen-bond acceptors (Lipinski definition) is 1. The molecule has 2 aromatic carbocycles. The van der Waals surface area contributed by atoms with Gasteiger partial charge in [-0.2, -0.15) is 0 Å². The predicted octanol–water partition coefficient (Wildman–Crippen LogP) is 4.00. The third kappa shape index (κ3) is 2.45. The SMILES string of the molecule is O=C(O)N(c1ccc(-c2ccccc2)cc1)C1CC1. The van der Waals surface area contributed by atoms with Crippen LogP contribution < -0.4 is 4.90 Å². The maximum absolute atomic E-state index is 11.3. The summed E-state index contributed by atoms with van der Waals surface area (Å²) in [5.74, 6) is 0. The summed E-state index contributed by atoms with van der Waals surface area (Å²) in [6, 6.07) is 18.0. The Morgan fingerprint density at radius 3 is 2.05 bits per heavy atom. The van der Waals surface area contributed by atoms with E-state index in [1.54, 1.807) is 0 Å². The van der Waals surface area contributed by atoms with Crippen LogP contribution in [0, 0.1) is 0 Å². The van der Waals surface area contributed by atoms with Gasteiger partial charge in [0.2, 0.25) is 0 Å². The fourth-order valence-electron chi connectivity index (χ4n) is 2.26. The molecule has 1 amide bonds. The minimum atomic E-state index is -0.866. The van der Waals surface area contributed by atoms with Crippen LogP contribution in [-0.4, -0.2) is 17.2 Å². The van der Waals surface area contributed by atoms with Gasteiger partial charge in [-0.1, -0.05) is 42.5 Å². The molecule has 0 aromatic heterocycles. The summed E-state index contributed by atoms with van der Waals surface area (Å²) in [6.45, 7) is 0. The van der Waals surface area contributed by atoms with Gasteiger partial charge in [0.25, 0.3) is 0 Å². The van der Waals surface area contributed by atoms with Gasteiger partial charge in [-0.3, -0.25) is 4.90 Å². The van der Waals surface area contributed by atoms with Crippen LogP contribution in [0.2, 0.25) is 0 Å². The van der Waals surface area contributed by atoms with Crippen molar-refractivity contribution in [2.45, 2.75) is 18.9 Å². The molecular weight excluding hydrogens is 238 g/mol. The zero-order chi connectivity index (χ0) is 13.2. The van der Waals surface area contributed by atoms with Gasteiger partial charge in [0.05, 0.1) is 0 Å². The lowest BCUT2D eigenvalue weighted by molar-refractivity contribution is 0.201. The first-order valence-corrected chi connectivity index (χ1v) is 6.43. The lowest BCUT2D eigenvalue weighted by Crippen LogP contribution is -2.31. The quantitative estimate of drug-likeness (QED) is 0.898. The Hall–Kier alpha value is -2.29. The third-order valence-corrected chi connectivity index (χ3v) is 3.37. The number of carbonyl (C=O) groups is 1. The molecule has 0 unspecified atom stereocenters. The van der Waals surface area contributed by atoms with E-state index >= 15 is 0 Å². The van der Waals surface area contributed by atoms with Gasteiger partial charge in [0.1, 0.15) is 0 Å².